The van der Waals surface area contributed by atoms with Gasteiger partial charge in [0.05, 0.1) is 4.90 Å². The third-order valence-corrected chi connectivity index (χ3v) is 6.56. The van der Waals surface area contributed by atoms with Gasteiger partial charge < -0.3 is 9.88 Å². The highest BCUT2D eigenvalue weighted by Crippen LogP contribution is 2.19. The molecule has 0 saturated carbocycles. The van der Waals surface area contributed by atoms with Crippen molar-refractivity contribution >= 4 is 21.6 Å². The van der Waals surface area contributed by atoms with Crippen molar-refractivity contribution < 1.29 is 17.6 Å². The highest BCUT2D eigenvalue weighted by Gasteiger charge is 2.26. The van der Waals surface area contributed by atoms with Crippen LogP contribution in [-0.2, 0) is 21.4 Å². The van der Waals surface area contributed by atoms with Crippen LogP contribution in [0.15, 0.2) is 46.2 Å². The highest BCUT2D eigenvalue weighted by atomic mass is 32.2. The highest BCUT2D eigenvalue weighted by molar-refractivity contribution is 7.89. The number of halogens is 1. The first kappa shape index (κ1) is 20.2. The van der Waals surface area contributed by atoms with E-state index in [-0.39, 0.29) is 17.1 Å². The topological polar surface area (TPSA) is 88.5 Å². The number of anilines is 1. The Bertz CT molecular complexity index is 1040. The standard InChI is InChI=1S/C19H22FN3O4S/c1-14-5-6-15(11-17(14)20)21-18(24)13-22-12-16(7-8-19(22)25)28(26,27)23-9-3-2-4-10-23/h5-8,11-12H,2-4,9-10,13H2,1H3,(H,21,24). The van der Waals surface area contributed by atoms with Crippen molar-refractivity contribution in [3.8, 4) is 0 Å². The molecular weight excluding hydrogens is 385 g/mol. The van der Waals surface area contributed by atoms with Gasteiger partial charge in [0.1, 0.15) is 12.4 Å². The number of carbonyl (C=O) groups excluding carboxylic acids is 1. The molecule has 0 radical (unpaired) electrons. The fourth-order valence-electron chi connectivity index (χ4n) is 3.07. The molecule has 1 aliphatic heterocycles. The second kappa shape index (κ2) is 8.24. The van der Waals surface area contributed by atoms with E-state index in [0.717, 1.165) is 29.9 Å². The largest absolute Gasteiger partial charge is 0.324 e. The maximum atomic E-state index is 13.6. The van der Waals surface area contributed by atoms with Gasteiger partial charge in [-0.15, -0.1) is 0 Å². The number of nitrogens with zero attached hydrogens (tertiary/aromatic N) is 2. The van der Waals surface area contributed by atoms with Crippen molar-refractivity contribution in [3.63, 3.8) is 0 Å². The number of aryl methyl sites for hydroxylation is 1. The number of aromatic nitrogens is 1. The van der Waals surface area contributed by atoms with Crippen molar-refractivity contribution in [2.45, 2.75) is 37.6 Å². The van der Waals surface area contributed by atoms with Gasteiger partial charge in [0.25, 0.3) is 5.56 Å². The lowest BCUT2D eigenvalue weighted by Gasteiger charge is -2.26. The number of piperidine rings is 1. The first-order chi connectivity index (χ1) is 13.3. The zero-order valence-electron chi connectivity index (χ0n) is 15.5. The van der Waals surface area contributed by atoms with Crippen LogP contribution in [0.3, 0.4) is 0 Å². The summed E-state index contributed by atoms with van der Waals surface area (Å²) in [4.78, 5) is 24.3. The number of pyridine rings is 1. The fourth-order valence-corrected chi connectivity index (χ4v) is 4.60. The van der Waals surface area contributed by atoms with Gasteiger partial charge in [0, 0.05) is 31.0 Å². The Balaban J connectivity index is 1.78. The molecule has 2 heterocycles. The molecule has 1 N–H and O–H groups in total. The molecule has 1 aromatic heterocycles. The maximum Gasteiger partial charge on any atom is 0.251 e. The van der Waals surface area contributed by atoms with Crippen LogP contribution < -0.4 is 10.9 Å². The summed E-state index contributed by atoms with van der Waals surface area (Å²) in [5.74, 6) is -1.01. The molecular formula is C19H22FN3O4S. The van der Waals surface area contributed by atoms with Crippen LogP contribution >= 0.6 is 0 Å². The fraction of sp³-hybridized carbons (Fsp3) is 0.368. The monoisotopic (exact) mass is 407 g/mol. The Morgan fingerprint density at radius 1 is 1.14 bits per heavy atom. The molecule has 28 heavy (non-hydrogen) atoms. The van der Waals surface area contributed by atoms with Crippen molar-refractivity contribution in [1.82, 2.24) is 8.87 Å². The average Bonchev–Trinajstić information content (AvgIpc) is 2.67. The van der Waals surface area contributed by atoms with Gasteiger partial charge in [0.2, 0.25) is 15.9 Å². The Morgan fingerprint density at radius 3 is 2.54 bits per heavy atom. The molecule has 0 bridgehead atoms. The molecule has 1 saturated heterocycles. The summed E-state index contributed by atoms with van der Waals surface area (Å²) in [6.07, 6.45) is 3.77. The molecule has 1 aromatic carbocycles. The van der Waals surface area contributed by atoms with Crippen LogP contribution in [-0.4, -0.2) is 36.3 Å². The quantitative estimate of drug-likeness (QED) is 0.822. The van der Waals surface area contributed by atoms with Gasteiger partial charge in [0.15, 0.2) is 0 Å². The summed E-state index contributed by atoms with van der Waals surface area (Å²) >= 11 is 0. The van der Waals surface area contributed by atoms with Gasteiger partial charge in [-0.05, 0) is 43.5 Å². The van der Waals surface area contributed by atoms with Crippen molar-refractivity contribution in [2.24, 2.45) is 0 Å². The summed E-state index contributed by atoms with van der Waals surface area (Å²) in [6, 6.07) is 6.66. The van der Waals surface area contributed by atoms with E-state index in [1.165, 1.54) is 28.7 Å². The van der Waals surface area contributed by atoms with E-state index >= 15 is 0 Å². The van der Waals surface area contributed by atoms with Gasteiger partial charge in [-0.3, -0.25) is 9.59 Å². The molecule has 2 aromatic rings. The predicted octanol–water partition coefficient (Wildman–Crippen LogP) is 2.11. The number of hydrogen-bond acceptors (Lipinski definition) is 4. The third kappa shape index (κ3) is 4.48. The number of hydrogen-bond donors (Lipinski definition) is 1. The third-order valence-electron chi connectivity index (χ3n) is 4.68. The lowest BCUT2D eigenvalue weighted by Crippen LogP contribution is -2.36. The number of sulfonamides is 1. The first-order valence-corrected chi connectivity index (χ1v) is 10.5. The number of carbonyl (C=O) groups is 1. The van der Waals surface area contributed by atoms with Gasteiger partial charge in [-0.25, -0.2) is 12.8 Å². The SMILES string of the molecule is Cc1ccc(NC(=O)Cn2cc(S(=O)(=O)N3CCCCC3)ccc2=O)cc1F. The normalized spacial score (nSPS) is 15.4. The minimum Gasteiger partial charge on any atom is -0.324 e. The van der Waals surface area contributed by atoms with E-state index in [1.807, 2.05) is 0 Å². The van der Waals surface area contributed by atoms with Crippen molar-refractivity contribution in [3.05, 3.63) is 58.3 Å². The maximum absolute atomic E-state index is 13.6. The second-order valence-corrected chi connectivity index (χ2v) is 8.75. The summed E-state index contributed by atoms with van der Waals surface area (Å²) in [5, 5.41) is 2.51. The van der Waals surface area contributed by atoms with Crippen LogP contribution in [0.2, 0.25) is 0 Å². The summed E-state index contributed by atoms with van der Waals surface area (Å²) in [5.41, 5.74) is 0.214. The minimum absolute atomic E-state index is 0.0248. The molecule has 1 aliphatic rings. The Labute approximate surface area is 162 Å². The zero-order chi connectivity index (χ0) is 20.3. The predicted molar refractivity (Wildman–Crippen MR) is 103 cm³/mol. The molecule has 0 spiro atoms. The molecule has 3 rings (SSSR count). The number of nitrogens with one attached hydrogen (secondary N) is 1. The molecule has 0 aliphatic carbocycles. The summed E-state index contributed by atoms with van der Waals surface area (Å²) < 4.78 is 41.6. The van der Waals surface area contributed by atoms with Crippen LogP contribution in [0, 0.1) is 12.7 Å². The van der Waals surface area contributed by atoms with Gasteiger partial charge in [-0.1, -0.05) is 12.5 Å². The Morgan fingerprint density at radius 2 is 1.86 bits per heavy atom. The smallest absolute Gasteiger partial charge is 0.251 e. The van der Waals surface area contributed by atoms with E-state index in [0.29, 0.717) is 18.7 Å². The molecule has 1 amide bonds. The van der Waals surface area contributed by atoms with E-state index < -0.39 is 27.3 Å². The van der Waals surface area contributed by atoms with Crippen molar-refractivity contribution in [2.75, 3.05) is 18.4 Å². The Kier molecular flexibility index (Phi) is 5.95. The zero-order valence-corrected chi connectivity index (χ0v) is 16.3. The molecule has 1 fully saturated rings. The second-order valence-electron chi connectivity index (χ2n) is 6.81. The molecule has 0 atom stereocenters. The van der Waals surface area contributed by atoms with Crippen LogP contribution in [0.4, 0.5) is 10.1 Å². The number of amides is 1. The minimum atomic E-state index is -3.71. The van der Waals surface area contributed by atoms with Crippen LogP contribution in [0.1, 0.15) is 24.8 Å². The number of rotatable bonds is 5. The first-order valence-electron chi connectivity index (χ1n) is 9.04. The van der Waals surface area contributed by atoms with Gasteiger partial charge >= 0.3 is 0 Å². The van der Waals surface area contributed by atoms with E-state index in [9.17, 15) is 22.4 Å². The lowest BCUT2D eigenvalue weighted by molar-refractivity contribution is -0.116. The molecule has 9 heteroatoms. The van der Waals surface area contributed by atoms with Crippen LogP contribution in [0.5, 0.6) is 0 Å². The van der Waals surface area contributed by atoms with Crippen LogP contribution in [0.25, 0.3) is 0 Å². The molecule has 150 valence electrons. The Hall–Kier alpha value is -2.52. The van der Waals surface area contributed by atoms with E-state index in [2.05, 4.69) is 5.32 Å². The van der Waals surface area contributed by atoms with E-state index in [1.54, 1.807) is 13.0 Å². The average molecular weight is 407 g/mol. The molecule has 7 nitrogen and oxygen atoms in total. The van der Waals surface area contributed by atoms with Crippen molar-refractivity contribution in [1.29, 1.82) is 0 Å². The summed E-state index contributed by atoms with van der Waals surface area (Å²) in [7, 11) is -3.71. The molecule has 0 unspecified atom stereocenters. The van der Waals surface area contributed by atoms with Gasteiger partial charge in [-0.2, -0.15) is 4.31 Å². The lowest BCUT2D eigenvalue weighted by atomic mass is 10.2. The summed E-state index contributed by atoms with van der Waals surface area (Å²) in [6.45, 7) is 2.12. The number of benzene rings is 1. The van der Waals surface area contributed by atoms with E-state index in [4.69, 9.17) is 0 Å².